The highest BCUT2D eigenvalue weighted by molar-refractivity contribution is 8.02. The molecule has 0 unspecified atom stereocenters. The van der Waals surface area contributed by atoms with E-state index in [1.165, 1.54) is 48.8 Å². The SMILES string of the molecule is CCCCCCCN(CCc1csc(SC(C)(C)C(=O)O)n1)c1ccc(C#N)cc1. The fourth-order valence-electron chi connectivity index (χ4n) is 2.98. The summed E-state index contributed by atoms with van der Waals surface area (Å²) in [4.78, 5) is 18.3. The van der Waals surface area contributed by atoms with Crippen LogP contribution in [-0.2, 0) is 11.2 Å². The number of nitriles is 1. The van der Waals surface area contributed by atoms with E-state index in [1.807, 2.05) is 29.6 Å². The normalized spacial score (nSPS) is 11.3. The van der Waals surface area contributed by atoms with Gasteiger partial charge < -0.3 is 10.0 Å². The quantitative estimate of drug-likeness (QED) is 0.301. The lowest BCUT2D eigenvalue weighted by Gasteiger charge is -2.25. The van der Waals surface area contributed by atoms with Gasteiger partial charge in [-0.1, -0.05) is 44.4 Å². The third-order valence-electron chi connectivity index (χ3n) is 4.92. The Hall–Kier alpha value is -2.04. The van der Waals surface area contributed by atoms with Crippen LogP contribution in [0.3, 0.4) is 0 Å². The molecule has 0 aliphatic carbocycles. The molecule has 0 amide bonds. The van der Waals surface area contributed by atoms with Crippen LogP contribution in [0.15, 0.2) is 34.0 Å². The van der Waals surface area contributed by atoms with Gasteiger partial charge in [0, 0.05) is 30.6 Å². The van der Waals surface area contributed by atoms with Crippen LogP contribution in [0.2, 0.25) is 0 Å². The number of thioether (sulfide) groups is 1. The largest absolute Gasteiger partial charge is 0.480 e. The topological polar surface area (TPSA) is 77.2 Å². The van der Waals surface area contributed by atoms with Crippen LogP contribution in [-0.4, -0.2) is 33.9 Å². The molecule has 2 rings (SSSR count). The predicted octanol–water partition coefficient (Wildman–Crippen LogP) is 5.99. The van der Waals surface area contributed by atoms with E-state index in [2.05, 4.69) is 22.9 Å². The summed E-state index contributed by atoms with van der Waals surface area (Å²) in [6.07, 6.45) is 6.96. The lowest BCUT2D eigenvalue weighted by Crippen LogP contribution is -2.27. The Morgan fingerprint density at radius 2 is 1.90 bits per heavy atom. The van der Waals surface area contributed by atoms with Gasteiger partial charge in [0.25, 0.3) is 0 Å². The summed E-state index contributed by atoms with van der Waals surface area (Å²) in [5.74, 6) is -0.834. The monoisotopic (exact) mass is 445 g/mol. The smallest absolute Gasteiger partial charge is 0.319 e. The number of carboxylic acids is 1. The molecule has 0 aliphatic rings. The van der Waals surface area contributed by atoms with E-state index < -0.39 is 10.7 Å². The van der Waals surface area contributed by atoms with Crippen molar-refractivity contribution in [1.82, 2.24) is 4.98 Å². The first-order chi connectivity index (χ1) is 14.4. The number of rotatable bonds is 13. The molecule has 1 N–H and O–H groups in total. The molecule has 0 spiro atoms. The highest BCUT2D eigenvalue weighted by atomic mass is 32.2. The van der Waals surface area contributed by atoms with Gasteiger partial charge in [0.1, 0.15) is 4.75 Å². The third kappa shape index (κ3) is 7.66. The summed E-state index contributed by atoms with van der Waals surface area (Å²) < 4.78 is -0.0934. The minimum Gasteiger partial charge on any atom is -0.480 e. The van der Waals surface area contributed by atoms with Crippen molar-refractivity contribution in [3.63, 3.8) is 0 Å². The number of hydrogen-bond acceptors (Lipinski definition) is 6. The molecule has 2 aromatic rings. The summed E-state index contributed by atoms with van der Waals surface area (Å²) in [5, 5.41) is 20.4. The maximum Gasteiger partial charge on any atom is 0.319 e. The number of hydrogen-bond donors (Lipinski definition) is 1. The second-order valence-corrected chi connectivity index (χ2v) is 10.6. The first-order valence-electron chi connectivity index (χ1n) is 10.5. The molecule has 5 nitrogen and oxygen atoms in total. The van der Waals surface area contributed by atoms with Gasteiger partial charge in [0.2, 0.25) is 0 Å². The molecule has 162 valence electrons. The van der Waals surface area contributed by atoms with E-state index >= 15 is 0 Å². The molecule has 0 fully saturated rings. The second kappa shape index (κ2) is 12.0. The molecule has 0 aliphatic heterocycles. The number of carbonyl (C=O) groups is 1. The number of carboxylic acid groups (broad SMARTS) is 1. The second-order valence-electron chi connectivity index (χ2n) is 7.83. The fraction of sp³-hybridized carbons (Fsp3) is 0.522. The predicted molar refractivity (Wildman–Crippen MR) is 126 cm³/mol. The molecule has 0 saturated heterocycles. The molecular formula is C23H31N3O2S2. The average molecular weight is 446 g/mol. The molecule has 1 aromatic carbocycles. The van der Waals surface area contributed by atoms with Gasteiger partial charge >= 0.3 is 5.97 Å². The van der Waals surface area contributed by atoms with Crippen LogP contribution in [0.4, 0.5) is 5.69 Å². The molecule has 0 bridgehead atoms. The van der Waals surface area contributed by atoms with Crippen LogP contribution in [0, 0.1) is 11.3 Å². The molecule has 0 atom stereocenters. The highest BCUT2D eigenvalue weighted by Gasteiger charge is 2.29. The number of nitrogens with zero attached hydrogens (tertiary/aromatic N) is 3. The van der Waals surface area contributed by atoms with Gasteiger partial charge in [0.15, 0.2) is 4.34 Å². The van der Waals surface area contributed by atoms with Gasteiger partial charge in [-0.2, -0.15) is 5.26 Å². The zero-order valence-electron chi connectivity index (χ0n) is 18.1. The van der Waals surface area contributed by atoms with Crippen LogP contribution in [0.25, 0.3) is 0 Å². The number of thiazole rings is 1. The first kappa shape index (κ1) is 24.2. The number of aliphatic carboxylic acids is 1. The summed E-state index contributed by atoms with van der Waals surface area (Å²) in [6, 6.07) is 9.94. The standard InChI is InChI=1S/C23H31N3O2S2/c1-4-5-6-7-8-14-26(20-11-9-18(16-24)10-12-20)15-13-19-17-29-22(25-19)30-23(2,3)21(27)28/h9-12,17H,4-8,13-15H2,1-3H3,(H,27,28). The summed E-state index contributed by atoms with van der Waals surface area (Å²) in [7, 11) is 0. The Labute approximate surface area is 188 Å². The molecule has 0 saturated carbocycles. The first-order valence-corrected chi connectivity index (χ1v) is 12.2. The Morgan fingerprint density at radius 3 is 2.53 bits per heavy atom. The molecule has 30 heavy (non-hydrogen) atoms. The van der Waals surface area contributed by atoms with Crippen molar-refractivity contribution < 1.29 is 9.90 Å². The summed E-state index contributed by atoms with van der Waals surface area (Å²) >= 11 is 2.80. The molecular weight excluding hydrogens is 414 g/mol. The van der Waals surface area contributed by atoms with Crippen molar-refractivity contribution in [1.29, 1.82) is 5.26 Å². The van der Waals surface area contributed by atoms with Crippen molar-refractivity contribution in [3.8, 4) is 6.07 Å². The highest BCUT2D eigenvalue weighted by Crippen LogP contribution is 2.34. The maximum absolute atomic E-state index is 11.3. The van der Waals surface area contributed by atoms with Gasteiger partial charge in [-0.05, 0) is 44.5 Å². The maximum atomic E-state index is 11.3. The minimum absolute atomic E-state index is 0.670. The van der Waals surface area contributed by atoms with E-state index in [9.17, 15) is 9.90 Å². The van der Waals surface area contributed by atoms with Crippen LogP contribution < -0.4 is 4.90 Å². The van der Waals surface area contributed by atoms with E-state index in [0.29, 0.717) is 5.56 Å². The van der Waals surface area contributed by atoms with Gasteiger partial charge in [-0.3, -0.25) is 4.79 Å². The Balaban J connectivity index is 1.99. The van der Waals surface area contributed by atoms with Gasteiger partial charge in [-0.25, -0.2) is 4.98 Å². The summed E-state index contributed by atoms with van der Waals surface area (Å²) in [5.41, 5.74) is 2.79. The van der Waals surface area contributed by atoms with E-state index in [1.54, 1.807) is 13.8 Å². The zero-order valence-corrected chi connectivity index (χ0v) is 19.7. The van der Waals surface area contributed by atoms with Crippen LogP contribution in [0.5, 0.6) is 0 Å². The van der Waals surface area contributed by atoms with E-state index in [4.69, 9.17) is 5.26 Å². The number of benzene rings is 1. The van der Waals surface area contributed by atoms with Crippen molar-refractivity contribution >= 4 is 34.8 Å². The number of anilines is 1. The third-order valence-corrected chi connectivity index (χ3v) is 7.09. The molecule has 1 heterocycles. The average Bonchev–Trinajstić information content (AvgIpc) is 3.16. The Morgan fingerprint density at radius 1 is 1.20 bits per heavy atom. The fourth-order valence-corrected chi connectivity index (χ4v) is 5.21. The molecule has 7 heteroatoms. The van der Waals surface area contributed by atoms with E-state index in [0.717, 1.165) is 41.7 Å². The van der Waals surface area contributed by atoms with E-state index in [-0.39, 0.29) is 0 Å². The Bertz CT molecular complexity index is 841. The van der Waals surface area contributed by atoms with Crippen LogP contribution >= 0.6 is 23.1 Å². The molecule has 1 aromatic heterocycles. The lowest BCUT2D eigenvalue weighted by atomic mass is 10.1. The number of unbranched alkanes of at least 4 members (excludes halogenated alkanes) is 4. The van der Waals surface area contributed by atoms with Crippen molar-refractivity contribution in [2.75, 3.05) is 18.0 Å². The number of aromatic nitrogens is 1. The zero-order chi connectivity index (χ0) is 22.0. The Kier molecular flexibility index (Phi) is 9.67. The van der Waals surface area contributed by atoms with Crippen molar-refractivity contribution in [2.45, 2.75) is 68.4 Å². The van der Waals surface area contributed by atoms with Crippen molar-refractivity contribution in [2.24, 2.45) is 0 Å². The lowest BCUT2D eigenvalue weighted by molar-refractivity contribution is -0.138. The van der Waals surface area contributed by atoms with Crippen LogP contribution in [0.1, 0.15) is 64.1 Å². The minimum atomic E-state index is -0.887. The molecule has 0 radical (unpaired) electrons. The van der Waals surface area contributed by atoms with Gasteiger partial charge in [-0.15, -0.1) is 11.3 Å². The van der Waals surface area contributed by atoms with Gasteiger partial charge in [0.05, 0.1) is 17.3 Å². The summed E-state index contributed by atoms with van der Waals surface area (Å²) in [6.45, 7) is 7.45. The van der Waals surface area contributed by atoms with Crippen molar-refractivity contribution in [3.05, 3.63) is 40.9 Å².